The lowest BCUT2D eigenvalue weighted by Gasteiger charge is -2.38. The van der Waals surface area contributed by atoms with Gasteiger partial charge in [-0.05, 0) is 44.1 Å². The Hall–Kier alpha value is -2.97. The second kappa shape index (κ2) is 9.11. The Labute approximate surface area is 192 Å². The predicted octanol–water partition coefficient (Wildman–Crippen LogP) is 0.864. The molecule has 8 heteroatoms. The number of carbonyl (C=O) groups excluding carboxylic acids is 2. The van der Waals surface area contributed by atoms with Gasteiger partial charge in [0.15, 0.2) is 0 Å². The maximum absolute atomic E-state index is 13.6. The highest BCUT2D eigenvalue weighted by molar-refractivity contribution is 5.96. The van der Waals surface area contributed by atoms with Gasteiger partial charge in [-0.15, -0.1) is 0 Å². The van der Waals surface area contributed by atoms with Crippen molar-refractivity contribution >= 4 is 11.8 Å². The summed E-state index contributed by atoms with van der Waals surface area (Å²) in [6.45, 7) is 3.47. The fourth-order valence-corrected chi connectivity index (χ4v) is 5.83. The quantitative estimate of drug-likeness (QED) is 0.681. The summed E-state index contributed by atoms with van der Waals surface area (Å²) in [5, 5.41) is 13.4. The predicted molar refractivity (Wildman–Crippen MR) is 123 cm³/mol. The van der Waals surface area contributed by atoms with Crippen molar-refractivity contribution in [3.05, 3.63) is 70.1 Å². The molecule has 0 saturated carbocycles. The molecule has 2 bridgehead atoms. The van der Waals surface area contributed by atoms with Crippen LogP contribution in [0.3, 0.4) is 0 Å². The number of aliphatic hydroxyl groups excluding tert-OH is 1. The van der Waals surface area contributed by atoms with Crippen LogP contribution in [0.1, 0.15) is 34.9 Å². The van der Waals surface area contributed by atoms with E-state index in [4.69, 9.17) is 0 Å². The number of carbonyl (C=O) groups is 2. The highest BCUT2D eigenvalue weighted by atomic mass is 16.3. The summed E-state index contributed by atoms with van der Waals surface area (Å²) in [5.74, 6) is -1.43. The fraction of sp³-hybridized carbons (Fsp3) is 0.480. The summed E-state index contributed by atoms with van der Waals surface area (Å²) >= 11 is 0. The molecule has 3 aliphatic heterocycles. The Balaban J connectivity index is 1.48. The molecule has 2 saturated heterocycles. The van der Waals surface area contributed by atoms with E-state index >= 15 is 0 Å². The van der Waals surface area contributed by atoms with E-state index in [9.17, 15) is 19.5 Å². The van der Waals surface area contributed by atoms with Gasteiger partial charge in [0.1, 0.15) is 0 Å². The average Bonchev–Trinajstić information content (AvgIpc) is 3.43. The number of likely N-dealkylation sites (tertiary alicyclic amines) is 1. The zero-order chi connectivity index (χ0) is 22.9. The van der Waals surface area contributed by atoms with E-state index in [2.05, 4.69) is 10.2 Å². The number of rotatable bonds is 6. The summed E-state index contributed by atoms with van der Waals surface area (Å²) < 4.78 is 1.66. The van der Waals surface area contributed by atoms with Gasteiger partial charge in [-0.3, -0.25) is 14.4 Å². The van der Waals surface area contributed by atoms with Gasteiger partial charge in [-0.25, -0.2) is 0 Å². The molecule has 2 N–H and O–H groups in total. The normalized spacial score (nSPS) is 26.3. The van der Waals surface area contributed by atoms with Crippen LogP contribution in [-0.4, -0.2) is 70.1 Å². The van der Waals surface area contributed by atoms with E-state index in [0.717, 1.165) is 19.6 Å². The number of hydrogen-bond donors (Lipinski definition) is 2. The first-order chi connectivity index (χ1) is 16.1. The summed E-state index contributed by atoms with van der Waals surface area (Å²) in [4.78, 5) is 43.7. The first kappa shape index (κ1) is 21.9. The van der Waals surface area contributed by atoms with Crippen LogP contribution < -0.4 is 10.9 Å². The van der Waals surface area contributed by atoms with Crippen molar-refractivity contribution in [3.63, 3.8) is 0 Å². The Bertz CT molecular complexity index is 1080. The molecule has 2 fully saturated rings. The standard InChI is InChI=1S/C25H30N4O4/c30-16-18-20-15-28-19(9-6-10-21(28)31)23(29(20)25(33)17-7-2-1-3-8-17)22(18)24(32)26-11-14-27-12-4-5-13-27/h1-3,6-10,18,20,22-23,30H,4-5,11-16H2,(H,26,32)/t18-,20-,22+,23+/m1/s1. The third kappa shape index (κ3) is 3.87. The van der Waals surface area contributed by atoms with Gasteiger partial charge < -0.3 is 24.8 Å². The molecule has 0 spiro atoms. The van der Waals surface area contributed by atoms with E-state index < -0.39 is 23.9 Å². The number of benzene rings is 1. The topological polar surface area (TPSA) is 94.9 Å². The second-order valence-electron chi connectivity index (χ2n) is 9.20. The molecule has 2 aromatic rings. The Kier molecular flexibility index (Phi) is 6.03. The zero-order valence-corrected chi connectivity index (χ0v) is 18.6. The number of hydrogen-bond acceptors (Lipinski definition) is 5. The minimum absolute atomic E-state index is 0.152. The highest BCUT2D eigenvalue weighted by Crippen LogP contribution is 2.48. The number of aromatic nitrogens is 1. The molecular weight excluding hydrogens is 420 g/mol. The lowest BCUT2D eigenvalue weighted by atomic mass is 9.86. The summed E-state index contributed by atoms with van der Waals surface area (Å²) in [6.07, 6.45) is 2.38. The molecule has 1 aromatic carbocycles. The first-order valence-electron chi connectivity index (χ1n) is 11.8. The average molecular weight is 451 g/mol. The van der Waals surface area contributed by atoms with Crippen LogP contribution in [0.15, 0.2) is 53.3 Å². The second-order valence-corrected chi connectivity index (χ2v) is 9.20. The van der Waals surface area contributed by atoms with Crippen molar-refractivity contribution in [2.45, 2.75) is 31.5 Å². The van der Waals surface area contributed by atoms with E-state index in [0.29, 0.717) is 17.8 Å². The number of nitrogens with zero attached hydrogens (tertiary/aromatic N) is 3. The molecule has 0 radical (unpaired) electrons. The van der Waals surface area contributed by atoms with Crippen molar-refractivity contribution < 1.29 is 14.7 Å². The van der Waals surface area contributed by atoms with Gasteiger partial charge >= 0.3 is 0 Å². The summed E-state index contributed by atoms with van der Waals surface area (Å²) in [6, 6.07) is 12.9. The molecule has 33 heavy (non-hydrogen) atoms. The molecule has 174 valence electrons. The third-order valence-electron chi connectivity index (χ3n) is 7.40. The number of amides is 2. The van der Waals surface area contributed by atoms with E-state index in [-0.39, 0.29) is 30.5 Å². The van der Waals surface area contributed by atoms with Crippen LogP contribution >= 0.6 is 0 Å². The fourth-order valence-electron chi connectivity index (χ4n) is 5.83. The number of pyridine rings is 1. The molecule has 8 nitrogen and oxygen atoms in total. The van der Waals surface area contributed by atoms with E-state index in [1.807, 2.05) is 24.3 Å². The summed E-state index contributed by atoms with van der Waals surface area (Å²) in [7, 11) is 0. The summed E-state index contributed by atoms with van der Waals surface area (Å²) in [5.41, 5.74) is 1.03. The van der Waals surface area contributed by atoms with Gasteiger partial charge in [-0.2, -0.15) is 0 Å². The Morgan fingerprint density at radius 3 is 2.52 bits per heavy atom. The SMILES string of the molecule is O=C(NCCN1CCCC1)[C@H]1[C@H](CO)[C@H]2Cn3c(cccc3=O)[C@@H]1N2C(=O)c1ccccc1. The van der Waals surface area contributed by atoms with Crippen LogP contribution in [0, 0.1) is 11.8 Å². The highest BCUT2D eigenvalue weighted by Gasteiger charge is 2.57. The van der Waals surface area contributed by atoms with Crippen LogP contribution in [-0.2, 0) is 11.3 Å². The van der Waals surface area contributed by atoms with Crippen LogP contribution in [0.2, 0.25) is 0 Å². The lowest BCUT2D eigenvalue weighted by Crippen LogP contribution is -2.49. The molecule has 0 aliphatic carbocycles. The van der Waals surface area contributed by atoms with E-state index in [1.165, 1.54) is 18.9 Å². The number of fused-ring (bicyclic) bond motifs is 4. The first-order valence-corrected chi connectivity index (χ1v) is 11.8. The molecule has 1 aromatic heterocycles. The molecule has 4 atom stereocenters. The van der Waals surface area contributed by atoms with Crippen molar-refractivity contribution in [2.24, 2.45) is 11.8 Å². The van der Waals surface area contributed by atoms with Crippen LogP contribution in [0.25, 0.3) is 0 Å². The maximum Gasteiger partial charge on any atom is 0.254 e. The largest absolute Gasteiger partial charge is 0.396 e. The minimum Gasteiger partial charge on any atom is -0.396 e. The van der Waals surface area contributed by atoms with Crippen molar-refractivity contribution in [1.82, 2.24) is 19.7 Å². The van der Waals surface area contributed by atoms with Crippen molar-refractivity contribution in [2.75, 3.05) is 32.8 Å². The number of aliphatic hydroxyl groups is 1. The van der Waals surface area contributed by atoms with Gasteiger partial charge in [-0.1, -0.05) is 24.3 Å². The van der Waals surface area contributed by atoms with Crippen molar-refractivity contribution in [1.29, 1.82) is 0 Å². The van der Waals surface area contributed by atoms with Crippen LogP contribution in [0.4, 0.5) is 0 Å². The molecule has 3 aliphatic rings. The molecule has 5 rings (SSSR count). The Morgan fingerprint density at radius 1 is 1.03 bits per heavy atom. The third-order valence-corrected chi connectivity index (χ3v) is 7.40. The van der Waals surface area contributed by atoms with Gasteiger partial charge in [0.25, 0.3) is 11.5 Å². The Morgan fingerprint density at radius 2 is 1.79 bits per heavy atom. The van der Waals surface area contributed by atoms with Gasteiger partial charge in [0.2, 0.25) is 5.91 Å². The maximum atomic E-state index is 13.6. The monoisotopic (exact) mass is 450 g/mol. The molecule has 4 heterocycles. The molecular formula is C25H30N4O4. The minimum atomic E-state index is -0.623. The van der Waals surface area contributed by atoms with E-state index in [1.54, 1.807) is 27.7 Å². The zero-order valence-electron chi connectivity index (χ0n) is 18.6. The number of nitrogens with one attached hydrogen (secondary N) is 1. The lowest BCUT2D eigenvalue weighted by molar-refractivity contribution is -0.127. The smallest absolute Gasteiger partial charge is 0.254 e. The van der Waals surface area contributed by atoms with Gasteiger partial charge in [0, 0.05) is 49.5 Å². The molecule has 0 unspecified atom stereocenters. The molecule has 2 amide bonds. The van der Waals surface area contributed by atoms with Crippen molar-refractivity contribution in [3.8, 4) is 0 Å². The van der Waals surface area contributed by atoms with Crippen LogP contribution in [0.5, 0.6) is 0 Å². The van der Waals surface area contributed by atoms with Gasteiger partial charge in [0.05, 0.1) is 18.0 Å².